The Labute approximate surface area is 295 Å². The van der Waals surface area contributed by atoms with Crippen molar-refractivity contribution in [3.05, 3.63) is 176 Å². The number of pyridine rings is 1. The van der Waals surface area contributed by atoms with Gasteiger partial charge < -0.3 is 8.98 Å². The zero-order valence-corrected chi connectivity index (χ0v) is 28.9. The molecule has 0 radical (unpaired) electrons. The lowest BCUT2D eigenvalue weighted by Gasteiger charge is -2.34. The van der Waals surface area contributed by atoms with Crippen LogP contribution >= 0.6 is 0 Å². The predicted molar refractivity (Wildman–Crippen MR) is 212 cm³/mol. The maximum atomic E-state index is 6.42. The number of aromatic nitrogens is 4. The molecule has 0 fully saturated rings. The summed E-state index contributed by atoms with van der Waals surface area (Å²) in [7, 11) is -0.871. The van der Waals surface area contributed by atoms with Gasteiger partial charge in [0.2, 0.25) is 0 Å². The van der Waals surface area contributed by atoms with Gasteiger partial charge in [-0.3, -0.25) is 4.57 Å². The second-order valence-corrected chi connectivity index (χ2v) is 16.9. The summed E-state index contributed by atoms with van der Waals surface area (Å²) in [5.74, 6) is 1.82. The van der Waals surface area contributed by atoms with Gasteiger partial charge in [0.15, 0.2) is 8.07 Å². The molecule has 0 N–H and O–H groups in total. The number of nitrogens with zero attached hydrogens (tertiary/aromatic N) is 4. The summed E-state index contributed by atoms with van der Waals surface area (Å²) in [6.45, 7) is 0. The van der Waals surface area contributed by atoms with E-state index >= 15 is 0 Å². The van der Waals surface area contributed by atoms with Gasteiger partial charge in [-0.15, -0.1) is 0 Å². The zero-order valence-electron chi connectivity index (χ0n) is 27.9. The first-order chi connectivity index (χ1) is 25.2. The third-order valence-electron chi connectivity index (χ3n) is 10.4. The van der Waals surface area contributed by atoms with Gasteiger partial charge in [0, 0.05) is 47.4 Å². The largest absolute Gasteiger partial charge is 0.456 e. The van der Waals surface area contributed by atoms with E-state index < -0.39 is 8.07 Å². The van der Waals surface area contributed by atoms with Crippen LogP contribution in [0.4, 0.5) is 0 Å². The van der Waals surface area contributed by atoms with Gasteiger partial charge in [-0.25, -0.2) is 9.97 Å². The fraction of sp³-hybridized carbons (Fsp3) is 0.0222. The number of furan rings is 1. The molecule has 6 aromatic carbocycles. The molecule has 10 rings (SSSR count). The number of hydrogen-bond acceptors (Lipinski definition) is 3. The van der Waals surface area contributed by atoms with E-state index in [4.69, 9.17) is 14.4 Å². The highest BCUT2D eigenvalue weighted by atomic mass is 28.3. The summed E-state index contributed by atoms with van der Waals surface area (Å²) in [6.07, 6.45) is 5.75. The number of benzene rings is 6. The zero-order chi connectivity index (χ0) is 33.9. The number of aryl methyl sites for hydroxylation is 1. The second kappa shape index (κ2) is 11.5. The van der Waals surface area contributed by atoms with Crippen molar-refractivity contribution in [2.75, 3.05) is 0 Å². The van der Waals surface area contributed by atoms with Crippen molar-refractivity contribution in [2.45, 2.75) is 0 Å². The molecular weight excluding hydrogens is 641 g/mol. The molecule has 51 heavy (non-hydrogen) atoms. The van der Waals surface area contributed by atoms with Crippen molar-refractivity contribution in [1.82, 2.24) is 19.1 Å². The van der Waals surface area contributed by atoms with Crippen molar-refractivity contribution >= 4 is 72.6 Å². The summed E-state index contributed by atoms with van der Waals surface area (Å²) in [6, 6.07) is 57.1. The van der Waals surface area contributed by atoms with E-state index in [1.807, 2.05) is 36.8 Å². The third kappa shape index (κ3) is 4.40. The second-order valence-electron chi connectivity index (χ2n) is 13.1. The average molecular weight is 673 g/mol. The van der Waals surface area contributed by atoms with E-state index in [1.165, 1.54) is 31.5 Å². The topological polar surface area (TPSA) is 48.8 Å². The molecule has 4 heterocycles. The average Bonchev–Trinajstić information content (AvgIpc) is 3.89. The number of para-hydroxylation sites is 1. The fourth-order valence-electron chi connectivity index (χ4n) is 8.18. The Kier molecular flexibility index (Phi) is 6.66. The lowest BCUT2D eigenvalue weighted by atomic mass is 10.1. The van der Waals surface area contributed by atoms with E-state index in [-0.39, 0.29) is 0 Å². The monoisotopic (exact) mass is 672 g/mol. The van der Waals surface area contributed by atoms with Crippen LogP contribution in [0.3, 0.4) is 0 Å². The first kappa shape index (κ1) is 29.4. The minimum absolute atomic E-state index is 0.868. The Morgan fingerprint density at radius 1 is 0.529 bits per heavy atom. The van der Waals surface area contributed by atoms with Crippen LogP contribution in [0.15, 0.2) is 181 Å². The Morgan fingerprint density at radius 3 is 1.98 bits per heavy atom. The van der Waals surface area contributed by atoms with Gasteiger partial charge in [0.25, 0.3) is 0 Å². The van der Waals surface area contributed by atoms with Crippen LogP contribution in [0.2, 0.25) is 0 Å². The third-order valence-corrected chi connectivity index (χ3v) is 15.1. The molecule has 0 saturated heterocycles. The number of fused-ring (bicyclic) bond motifs is 7. The highest BCUT2D eigenvalue weighted by Gasteiger charge is 2.42. The van der Waals surface area contributed by atoms with Crippen LogP contribution in [0.5, 0.6) is 0 Å². The summed E-state index contributed by atoms with van der Waals surface area (Å²) < 4.78 is 10.8. The minimum atomic E-state index is -2.92. The van der Waals surface area contributed by atoms with Crippen molar-refractivity contribution in [2.24, 2.45) is 7.05 Å². The van der Waals surface area contributed by atoms with E-state index in [0.29, 0.717) is 0 Å². The number of rotatable bonds is 6. The summed E-state index contributed by atoms with van der Waals surface area (Å²) >= 11 is 0. The highest BCUT2D eigenvalue weighted by Crippen LogP contribution is 2.40. The van der Waals surface area contributed by atoms with Crippen LogP contribution in [-0.2, 0) is 7.05 Å². The molecule has 0 atom stereocenters. The van der Waals surface area contributed by atoms with Crippen LogP contribution in [0.25, 0.3) is 61.0 Å². The first-order valence-corrected chi connectivity index (χ1v) is 19.2. The number of hydrogen-bond donors (Lipinski definition) is 0. The lowest BCUT2D eigenvalue weighted by molar-refractivity contribution is 0.669. The fourth-order valence-corrected chi connectivity index (χ4v) is 13.0. The molecule has 5 nitrogen and oxygen atoms in total. The summed E-state index contributed by atoms with van der Waals surface area (Å²) in [4.78, 5) is 9.68. The molecule has 4 aromatic heterocycles. The van der Waals surface area contributed by atoms with Gasteiger partial charge in [0.05, 0.1) is 16.4 Å². The molecule has 10 aromatic rings. The summed E-state index contributed by atoms with van der Waals surface area (Å²) in [5.41, 5.74) is 5.06. The van der Waals surface area contributed by atoms with Crippen molar-refractivity contribution in [1.29, 1.82) is 0 Å². The van der Waals surface area contributed by atoms with Crippen LogP contribution in [-0.4, -0.2) is 27.2 Å². The maximum absolute atomic E-state index is 6.42. The first-order valence-electron chi connectivity index (χ1n) is 17.2. The highest BCUT2D eigenvalue weighted by molar-refractivity contribution is 7.20. The molecule has 0 aliphatic carbocycles. The minimum Gasteiger partial charge on any atom is -0.456 e. The van der Waals surface area contributed by atoms with Crippen LogP contribution in [0.1, 0.15) is 0 Å². The maximum Gasteiger partial charge on any atom is 0.179 e. The van der Waals surface area contributed by atoms with Gasteiger partial charge >= 0.3 is 0 Å². The molecule has 0 spiro atoms. The van der Waals surface area contributed by atoms with Crippen molar-refractivity contribution in [3.8, 4) is 17.2 Å². The molecule has 0 amide bonds. The molecule has 6 heteroatoms. The summed E-state index contributed by atoms with van der Waals surface area (Å²) in [5, 5.41) is 9.77. The molecule has 0 aliphatic heterocycles. The standard InChI is InChI=1S/C45H32N4OSi/c1-48-28-27-47-45(48)31-13-12-18-34(29-31)51(32-14-4-2-5-15-32,33-16-6-3-7-17-33)35-22-23-36-37-24-25-41-43(38-19-8-9-20-40(38)50-41)44(37)49(39(36)30-35)42-21-10-11-26-46-42/h2-30H,1H3. The molecule has 0 saturated carbocycles. The van der Waals surface area contributed by atoms with E-state index in [2.05, 4.69) is 156 Å². The Balaban J connectivity index is 1.36. The molecular formula is C45H32N4OSi. The van der Waals surface area contributed by atoms with Gasteiger partial charge in [-0.1, -0.05) is 121 Å². The lowest BCUT2D eigenvalue weighted by Crippen LogP contribution is -2.74. The van der Waals surface area contributed by atoms with Gasteiger partial charge in [-0.2, -0.15) is 0 Å². The Hall–Kier alpha value is -6.50. The van der Waals surface area contributed by atoms with Gasteiger partial charge in [-0.05, 0) is 57.1 Å². The molecule has 0 bridgehead atoms. The molecule has 242 valence electrons. The Morgan fingerprint density at radius 2 is 1.24 bits per heavy atom. The smallest absolute Gasteiger partial charge is 0.179 e. The van der Waals surface area contributed by atoms with Crippen LogP contribution in [0, 0.1) is 0 Å². The van der Waals surface area contributed by atoms with E-state index in [1.54, 1.807) is 0 Å². The quantitative estimate of drug-likeness (QED) is 0.134. The Bertz CT molecular complexity index is 2830. The predicted octanol–water partition coefficient (Wildman–Crippen LogP) is 7.86. The van der Waals surface area contributed by atoms with Crippen molar-refractivity contribution < 1.29 is 4.42 Å². The molecule has 0 unspecified atom stereocenters. The van der Waals surface area contributed by atoms with E-state index in [9.17, 15) is 0 Å². The van der Waals surface area contributed by atoms with Gasteiger partial charge in [0.1, 0.15) is 22.8 Å². The number of imidazole rings is 1. The SMILES string of the molecule is Cn1ccnc1-c1cccc([Si](c2ccccc2)(c2ccccc2)c2ccc3c4ccc5oc6ccccc6c5c4n(-c4ccccn4)c3c2)c1. The van der Waals surface area contributed by atoms with Crippen LogP contribution < -0.4 is 20.7 Å². The normalized spacial score (nSPS) is 12.0. The van der Waals surface area contributed by atoms with Crippen molar-refractivity contribution in [3.63, 3.8) is 0 Å². The van der Waals surface area contributed by atoms with E-state index in [0.717, 1.165) is 50.2 Å². The molecule has 0 aliphatic rings.